The van der Waals surface area contributed by atoms with Crippen LogP contribution in [-0.2, 0) is 16.1 Å². The van der Waals surface area contributed by atoms with Gasteiger partial charge in [-0.1, -0.05) is 12.1 Å². The molecule has 0 bridgehead atoms. The van der Waals surface area contributed by atoms with Crippen molar-refractivity contribution in [3.8, 4) is 11.5 Å². The second-order valence-electron chi connectivity index (χ2n) is 7.69. The molecule has 2 rings (SSSR count). The summed E-state index contributed by atoms with van der Waals surface area (Å²) in [4.78, 5) is 16.4. The van der Waals surface area contributed by atoms with Crippen molar-refractivity contribution in [1.82, 2.24) is 0 Å². The summed E-state index contributed by atoms with van der Waals surface area (Å²) in [7, 11) is 0. The van der Waals surface area contributed by atoms with E-state index in [0.717, 1.165) is 0 Å². The average Bonchev–Trinajstić information content (AvgIpc) is 2.75. The van der Waals surface area contributed by atoms with Crippen LogP contribution in [0, 0.1) is 11.2 Å². The number of benzene rings is 2. The van der Waals surface area contributed by atoms with Crippen molar-refractivity contribution in [2.45, 2.75) is 39.7 Å². The fourth-order valence-corrected chi connectivity index (χ4v) is 2.79. The zero-order chi connectivity index (χ0) is 25.1. The summed E-state index contributed by atoms with van der Waals surface area (Å²) in [6.07, 6.45) is 1.67. The number of allylic oxidation sites excluding steroid dienone is 1. The maximum atomic E-state index is 13.2. The second-order valence-corrected chi connectivity index (χ2v) is 7.69. The van der Waals surface area contributed by atoms with Gasteiger partial charge in [-0.15, -0.1) is 0 Å². The molecule has 0 fully saturated rings. The van der Waals surface area contributed by atoms with Crippen molar-refractivity contribution < 1.29 is 33.7 Å². The summed E-state index contributed by atoms with van der Waals surface area (Å²) in [5.74, 6) is -0.700. The number of rotatable bonds is 13. The molecule has 182 valence electrons. The van der Waals surface area contributed by atoms with E-state index >= 15 is 0 Å². The van der Waals surface area contributed by atoms with Gasteiger partial charge in [0.2, 0.25) is 5.71 Å². The summed E-state index contributed by atoms with van der Waals surface area (Å²) in [5.41, 5.74) is 1.08. The van der Waals surface area contributed by atoms with Gasteiger partial charge in [0, 0.05) is 6.07 Å². The number of nitrogens with zero attached hydrogens (tertiary/aromatic N) is 1. The van der Waals surface area contributed by atoms with E-state index in [-0.39, 0.29) is 36.3 Å². The van der Waals surface area contributed by atoms with E-state index in [2.05, 4.69) is 5.16 Å². The van der Waals surface area contributed by atoms with Crippen LogP contribution in [0.5, 0.6) is 11.5 Å². The van der Waals surface area contributed by atoms with Gasteiger partial charge in [-0.3, -0.25) is 10.2 Å². The second kappa shape index (κ2) is 13.0. The summed E-state index contributed by atoms with van der Waals surface area (Å²) < 4.78 is 24.6. The number of carbonyl (C=O) groups is 1. The number of oxime groups is 1. The Kier molecular flexibility index (Phi) is 10.1. The van der Waals surface area contributed by atoms with Crippen molar-refractivity contribution in [3.63, 3.8) is 0 Å². The summed E-state index contributed by atoms with van der Waals surface area (Å²) in [5, 5.41) is 29.7. The molecule has 9 heteroatoms. The molecule has 0 unspecified atom stereocenters. The molecule has 2 aromatic carbocycles. The Labute approximate surface area is 197 Å². The number of hydrogen-bond acceptors (Lipinski definition) is 6. The molecular formula is C25H30FN2O6+. The largest absolute Gasteiger partial charge is 0.592 e. The summed E-state index contributed by atoms with van der Waals surface area (Å²) in [6, 6.07) is 10.2. The van der Waals surface area contributed by atoms with Crippen LogP contribution in [0.3, 0.4) is 0 Å². The lowest BCUT2D eigenvalue weighted by Crippen LogP contribution is -2.16. The molecule has 4 N–H and O–H groups in total. The first kappa shape index (κ1) is 26.4. The standard InChI is InChI=1S/C25H29FN2O6/c1-4-9-33-28-23(24(29)14-22(27)18-5-7-19(26)8-6-18)15-32-20-10-17(12-25(30)31)11-21(13-20)34-16(2)3/h5-8,10-11,13-14,16,27,29H,4,9,12,15H2,1-3H3,(H,30,31)/p+1/b24-14-,27-22?,28-23+. The topological polar surface area (TPSA) is 124 Å². The number of ether oxygens (including phenoxy) is 2. The van der Waals surface area contributed by atoms with E-state index in [0.29, 0.717) is 35.7 Å². The Hall–Kier alpha value is -3.88. The number of nitrogens with one attached hydrogen (secondary N) is 1. The Morgan fingerprint density at radius 2 is 1.88 bits per heavy atom. The van der Waals surface area contributed by atoms with Crippen molar-refractivity contribution >= 4 is 17.4 Å². The molecule has 0 amide bonds. The van der Waals surface area contributed by atoms with Crippen molar-refractivity contribution in [2.24, 2.45) is 5.16 Å². The van der Waals surface area contributed by atoms with Crippen LogP contribution < -0.4 is 9.47 Å². The molecule has 0 aliphatic heterocycles. The first-order valence-corrected chi connectivity index (χ1v) is 10.8. The third kappa shape index (κ3) is 8.93. The maximum Gasteiger partial charge on any atom is 0.307 e. The minimum atomic E-state index is -0.987. The predicted octanol–water partition coefficient (Wildman–Crippen LogP) is 4.08. The van der Waals surface area contributed by atoms with Gasteiger partial charge in [-0.05, 0) is 67.8 Å². The molecule has 34 heavy (non-hydrogen) atoms. The van der Waals surface area contributed by atoms with Gasteiger partial charge in [-0.2, -0.15) is 0 Å². The predicted molar refractivity (Wildman–Crippen MR) is 128 cm³/mol. The molecule has 0 aromatic heterocycles. The molecule has 0 saturated carbocycles. The number of halogens is 1. The third-order valence-corrected chi connectivity index (χ3v) is 4.27. The Balaban J connectivity index is 2.25. The van der Waals surface area contributed by atoms with E-state index in [4.69, 9.17) is 29.9 Å². The van der Waals surface area contributed by atoms with Crippen LogP contribution in [0.15, 0.2) is 59.5 Å². The van der Waals surface area contributed by atoms with Crippen LogP contribution in [0.4, 0.5) is 4.39 Å². The molecule has 0 heterocycles. The lowest BCUT2D eigenvalue weighted by molar-refractivity contribution is -0.136. The van der Waals surface area contributed by atoms with Crippen LogP contribution >= 0.6 is 0 Å². The number of carboxylic acids is 1. The smallest absolute Gasteiger partial charge is 0.307 e. The van der Waals surface area contributed by atoms with E-state index in [9.17, 15) is 9.18 Å². The summed E-state index contributed by atoms with van der Waals surface area (Å²) in [6.45, 7) is 5.80. The van der Waals surface area contributed by atoms with Gasteiger partial charge < -0.3 is 24.5 Å². The van der Waals surface area contributed by atoms with Crippen LogP contribution in [0.1, 0.15) is 38.3 Å². The van der Waals surface area contributed by atoms with Gasteiger partial charge in [0.05, 0.1) is 24.3 Å². The number of carboxylic acid groups (broad SMARTS) is 1. The van der Waals surface area contributed by atoms with Gasteiger partial charge in [0.15, 0.2) is 0 Å². The minimum absolute atomic E-state index is 0.00395. The van der Waals surface area contributed by atoms with Gasteiger partial charge >= 0.3 is 5.97 Å². The molecular weight excluding hydrogens is 443 g/mol. The fourth-order valence-electron chi connectivity index (χ4n) is 2.79. The highest BCUT2D eigenvalue weighted by atomic mass is 19.1. The molecule has 0 atom stereocenters. The highest BCUT2D eigenvalue weighted by Crippen LogP contribution is 2.25. The zero-order valence-corrected chi connectivity index (χ0v) is 19.4. The van der Waals surface area contributed by atoms with Crippen molar-refractivity contribution in [1.29, 1.82) is 5.41 Å². The van der Waals surface area contributed by atoms with Gasteiger partial charge in [-0.25, -0.2) is 4.39 Å². The number of hydrogen-bond donors (Lipinski definition) is 2. The monoisotopic (exact) mass is 473 g/mol. The van der Waals surface area contributed by atoms with E-state index in [1.54, 1.807) is 18.2 Å². The molecule has 2 aromatic rings. The maximum absolute atomic E-state index is 13.2. The van der Waals surface area contributed by atoms with Gasteiger partial charge in [0.25, 0.3) is 5.76 Å². The highest BCUT2D eigenvalue weighted by molar-refractivity contribution is 6.11. The van der Waals surface area contributed by atoms with E-state index in [1.165, 1.54) is 30.3 Å². The van der Waals surface area contributed by atoms with Crippen molar-refractivity contribution in [3.05, 3.63) is 71.2 Å². The molecule has 0 aliphatic carbocycles. The Morgan fingerprint density at radius 3 is 2.50 bits per heavy atom. The SMILES string of the molecule is CCCO/N=C(COc1cc(CC(=O)O)cc(OC(C)C)c1)/C([OH2+])=C/C(=N)c1ccc(F)cc1. The van der Waals surface area contributed by atoms with Gasteiger partial charge in [0.1, 0.15) is 30.5 Å². The van der Waals surface area contributed by atoms with Crippen LogP contribution in [0.2, 0.25) is 0 Å². The lowest BCUT2D eigenvalue weighted by atomic mass is 10.1. The average molecular weight is 474 g/mol. The third-order valence-electron chi connectivity index (χ3n) is 4.27. The molecule has 0 spiro atoms. The molecule has 8 nitrogen and oxygen atoms in total. The summed E-state index contributed by atoms with van der Waals surface area (Å²) >= 11 is 0. The Morgan fingerprint density at radius 1 is 1.21 bits per heavy atom. The molecule has 0 saturated heterocycles. The zero-order valence-electron chi connectivity index (χ0n) is 19.4. The normalized spacial score (nSPS) is 11.9. The first-order chi connectivity index (χ1) is 16.2. The highest BCUT2D eigenvalue weighted by Gasteiger charge is 2.16. The molecule has 0 radical (unpaired) electrons. The minimum Gasteiger partial charge on any atom is -0.592 e. The lowest BCUT2D eigenvalue weighted by Gasteiger charge is -2.14. The quantitative estimate of drug-likeness (QED) is 0.149. The Bertz CT molecular complexity index is 1050. The fraction of sp³-hybridized carbons (Fsp3) is 0.320. The van der Waals surface area contributed by atoms with E-state index < -0.39 is 11.8 Å². The van der Waals surface area contributed by atoms with Crippen LogP contribution in [0.25, 0.3) is 0 Å². The van der Waals surface area contributed by atoms with Crippen LogP contribution in [-0.4, -0.2) is 46.9 Å². The number of aliphatic carboxylic acids is 1. The first-order valence-electron chi connectivity index (χ1n) is 10.8. The molecule has 0 aliphatic rings. The van der Waals surface area contributed by atoms with Crippen molar-refractivity contribution in [2.75, 3.05) is 13.2 Å². The van der Waals surface area contributed by atoms with E-state index in [1.807, 2.05) is 20.8 Å².